The number of amides is 2. The molecule has 1 unspecified atom stereocenters. The SMILES string of the molecule is COc1cccc(OC)c1OCC(O)CNC(=O)c1cccc(COc2ccccc2C(N)=O)c1. The lowest BCUT2D eigenvalue weighted by Crippen LogP contribution is -2.35. The molecule has 0 aliphatic carbocycles. The molecule has 0 bridgehead atoms. The summed E-state index contributed by atoms with van der Waals surface area (Å²) in [6.07, 6.45) is -0.967. The van der Waals surface area contributed by atoms with Crippen LogP contribution in [0.1, 0.15) is 26.3 Å². The molecule has 0 fully saturated rings. The van der Waals surface area contributed by atoms with Crippen LogP contribution < -0.4 is 30.0 Å². The fraction of sp³-hybridized carbons (Fsp3) is 0.231. The summed E-state index contributed by atoms with van der Waals surface area (Å²) in [5.74, 6) is 0.730. The predicted octanol–water partition coefficient (Wildman–Crippen LogP) is 2.55. The summed E-state index contributed by atoms with van der Waals surface area (Å²) < 4.78 is 21.9. The summed E-state index contributed by atoms with van der Waals surface area (Å²) in [5.41, 5.74) is 6.78. The molecule has 35 heavy (non-hydrogen) atoms. The van der Waals surface area contributed by atoms with Gasteiger partial charge in [-0.25, -0.2) is 0 Å². The number of aliphatic hydroxyl groups excluding tert-OH is 1. The van der Waals surface area contributed by atoms with Gasteiger partial charge in [-0.05, 0) is 42.0 Å². The zero-order chi connectivity index (χ0) is 25.2. The van der Waals surface area contributed by atoms with Crippen LogP contribution in [0.2, 0.25) is 0 Å². The minimum atomic E-state index is -0.967. The number of hydrogen-bond acceptors (Lipinski definition) is 7. The third kappa shape index (κ3) is 6.87. The number of benzene rings is 3. The van der Waals surface area contributed by atoms with Crippen LogP contribution in [-0.2, 0) is 6.61 Å². The number of hydrogen-bond donors (Lipinski definition) is 3. The lowest BCUT2D eigenvalue weighted by atomic mass is 10.1. The highest BCUT2D eigenvalue weighted by atomic mass is 16.5. The van der Waals surface area contributed by atoms with Gasteiger partial charge in [0.2, 0.25) is 5.75 Å². The van der Waals surface area contributed by atoms with Gasteiger partial charge in [-0.2, -0.15) is 0 Å². The van der Waals surface area contributed by atoms with Gasteiger partial charge in [0.15, 0.2) is 11.5 Å². The Bertz CT molecular complexity index is 1140. The molecule has 9 nitrogen and oxygen atoms in total. The third-order valence-electron chi connectivity index (χ3n) is 5.04. The number of primary amides is 1. The molecule has 0 aliphatic heterocycles. The maximum atomic E-state index is 12.6. The first-order valence-electron chi connectivity index (χ1n) is 10.8. The highest BCUT2D eigenvalue weighted by Gasteiger charge is 2.15. The number of carbonyl (C=O) groups excluding carboxylic acids is 2. The number of carbonyl (C=O) groups is 2. The van der Waals surface area contributed by atoms with Gasteiger partial charge in [-0.1, -0.05) is 30.3 Å². The van der Waals surface area contributed by atoms with E-state index in [0.717, 1.165) is 5.56 Å². The lowest BCUT2D eigenvalue weighted by molar-refractivity contribution is 0.0833. The standard InChI is InChI=1S/C26H28N2O7/c1-32-22-11-6-12-23(33-2)24(22)35-16-19(29)14-28-26(31)18-8-5-7-17(13-18)15-34-21-10-4-3-9-20(21)25(27)30/h3-13,19,29H,14-16H2,1-2H3,(H2,27,30)(H,28,31). The van der Waals surface area contributed by atoms with Gasteiger partial charge in [0.1, 0.15) is 25.1 Å². The van der Waals surface area contributed by atoms with Crippen molar-refractivity contribution in [2.45, 2.75) is 12.7 Å². The van der Waals surface area contributed by atoms with E-state index in [2.05, 4.69) is 5.32 Å². The second-order valence-electron chi connectivity index (χ2n) is 7.52. The molecule has 184 valence electrons. The molecule has 0 saturated carbocycles. The van der Waals surface area contributed by atoms with Crippen LogP contribution in [0.3, 0.4) is 0 Å². The number of methoxy groups -OCH3 is 2. The van der Waals surface area contributed by atoms with E-state index in [-0.39, 0.29) is 31.2 Å². The predicted molar refractivity (Wildman–Crippen MR) is 129 cm³/mol. The zero-order valence-corrected chi connectivity index (χ0v) is 19.5. The molecule has 0 spiro atoms. The van der Waals surface area contributed by atoms with Gasteiger partial charge < -0.3 is 35.1 Å². The van der Waals surface area contributed by atoms with E-state index >= 15 is 0 Å². The number of para-hydroxylation sites is 2. The Balaban J connectivity index is 1.54. The summed E-state index contributed by atoms with van der Waals surface area (Å²) in [5, 5.41) is 13.0. The Labute approximate surface area is 203 Å². The van der Waals surface area contributed by atoms with Crippen molar-refractivity contribution in [1.29, 1.82) is 0 Å². The number of aliphatic hydroxyl groups is 1. The molecule has 1 atom stereocenters. The summed E-state index contributed by atoms with van der Waals surface area (Å²) in [6.45, 7) is 0.0375. The first-order valence-corrected chi connectivity index (χ1v) is 10.8. The molecule has 0 saturated heterocycles. The van der Waals surface area contributed by atoms with Gasteiger partial charge in [0, 0.05) is 12.1 Å². The minimum absolute atomic E-state index is 0.0248. The molecule has 0 aromatic heterocycles. The number of ether oxygens (including phenoxy) is 4. The maximum absolute atomic E-state index is 12.6. The number of nitrogens with two attached hydrogens (primary N) is 1. The van der Waals surface area contributed by atoms with Crippen LogP contribution in [0.4, 0.5) is 0 Å². The van der Waals surface area contributed by atoms with Gasteiger partial charge >= 0.3 is 0 Å². The molecular formula is C26H28N2O7. The van der Waals surface area contributed by atoms with E-state index in [1.165, 1.54) is 14.2 Å². The van der Waals surface area contributed by atoms with Crippen molar-refractivity contribution in [2.75, 3.05) is 27.4 Å². The Kier molecular flexibility index (Phi) is 8.91. The highest BCUT2D eigenvalue weighted by Crippen LogP contribution is 2.36. The maximum Gasteiger partial charge on any atom is 0.252 e. The monoisotopic (exact) mass is 480 g/mol. The largest absolute Gasteiger partial charge is 0.493 e. The van der Waals surface area contributed by atoms with Crippen LogP contribution in [0, 0.1) is 0 Å². The summed E-state index contributed by atoms with van der Waals surface area (Å²) in [6, 6.07) is 18.7. The Morgan fingerprint density at radius 3 is 2.26 bits per heavy atom. The lowest BCUT2D eigenvalue weighted by Gasteiger charge is -2.17. The molecular weight excluding hydrogens is 452 g/mol. The van der Waals surface area contributed by atoms with Crippen LogP contribution in [0.15, 0.2) is 66.7 Å². The second kappa shape index (κ2) is 12.3. The Hall–Kier alpha value is -4.24. The van der Waals surface area contributed by atoms with Crippen molar-refractivity contribution in [1.82, 2.24) is 5.32 Å². The molecule has 3 aromatic carbocycles. The highest BCUT2D eigenvalue weighted by molar-refractivity contribution is 5.95. The van der Waals surface area contributed by atoms with Crippen molar-refractivity contribution in [2.24, 2.45) is 5.73 Å². The van der Waals surface area contributed by atoms with Crippen molar-refractivity contribution in [3.63, 3.8) is 0 Å². The second-order valence-corrected chi connectivity index (χ2v) is 7.52. The summed E-state index contributed by atoms with van der Waals surface area (Å²) >= 11 is 0. The van der Waals surface area contributed by atoms with Crippen molar-refractivity contribution < 1.29 is 33.6 Å². The molecule has 0 radical (unpaired) electrons. The van der Waals surface area contributed by atoms with Crippen LogP contribution in [0.5, 0.6) is 23.0 Å². The fourth-order valence-electron chi connectivity index (χ4n) is 3.27. The number of nitrogens with one attached hydrogen (secondary N) is 1. The molecule has 2 amide bonds. The van der Waals surface area contributed by atoms with E-state index in [1.54, 1.807) is 66.7 Å². The van der Waals surface area contributed by atoms with Crippen molar-refractivity contribution >= 4 is 11.8 Å². The van der Waals surface area contributed by atoms with Crippen LogP contribution in [-0.4, -0.2) is 50.4 Å². The third-order valence-corrected chi connectivity index (χ3v) is 5.04. The number of rotatable bonds is 12. The van der Waals surface area contributed by atoms with Crippen molar-refractivity contribution in [3.8, 4) is 23.0 Å². The average molecular weight is 481 g/mol. The zero-order valence-electron chi connectivity index (χ0n) is 19.5. The van der Waals surface area contributed by atoms with Crippen LogP contribution >= 0.6 is 0 Å². The van der Waals surface area contributed by atoms with Crippen molar-refractivity contribution in [3.05, 3.63) is 83.4 Å². The van der Waals surface area contributed by atoms with E-state index in [9.17, 15) is 14.7 Å². The molecule has 3 rings (SSSR count). The molecule has 3 aromatic rings. The van der Waals surface area contributed by atoms with Crippen LogP contribution in [0.25, 0.3) is 0 Å². The smallest absolute Gasteiger partial charge is 0.252 e. The Morgan fingerprint density at radius 2 is 1.57 bits per heavy atom. The topological polar surface area (TPSA) is 129 Å². The van der Waals surface area contributed by atoms with Gasteiger partial charge in [0.05, 0.1) is 19.8 Å². The van der Waals surface area contributed by atoms with E-state index < -0.39 is 12.0 Å². The Morgan fingerprint density at radius 1 is 0.914 bits per heavy atom. The van der Waals surface area contributed by atoms with E-state index in [1.807, 2.05) is 0 Å². The van der Waals surface area contributed by atoms with E-state index in [4.69, 9.17) is 24.7 Å². The molecule has 0 heterocycles. The van der Waals surface area contributed by atoms with Gasteiger partial charge in [-0.15, -0.1) is 0 Å². The average Bonchev–Trinajstić information content (AvgIpc) is 2.89. The minimum Gasteiger partial charge on any atom is -0.493 e. The first-order chi connectivity index (χ1) is 16.9. The first kappa shape index (κ1) is 25.4. The molecule has 0 aliphatic rings. The quantitative estimate of drug-likeness (QED) is 0.363. The fourth-order valence-corrected chi connectivity index (χ4v) is 3.27. The molecule has 4 N–H and O–H groups in total. The normalized spacial score (nSPS) is 11.3. The van der Waals surface area contributed by atoms with Gasteiger partial charge in [0.25, 0.3) is 11.8 Å². The van der Waals surface area contributed by atoms with E-state index in [0.29, 0.717) is 28.6 Å². The molecule has 9 heteroatoms. The summed E-state index contributed by atoms with van der Waals surface area (Å²) in [4.78, 5) is 24.1. The van der Waals surface area contributed by atoms with Gasteiger partial charge in [-0.3, -0.25) is 9.59 Å². The summed E-state index contributed by atoms with van der Waals surface area (Å²) in [7, 11) is 3.02.